The lowest BCUT2D eigenvalue weighted by Crippen LogP contribution is -2.29. The average Bonchev–Trinajstić information content (AvgIpc) is 2.58. The Morgan fingerprint density at radius 3 is 2.83 bits per heavy atom. The van der Waals surface area contributed by atoms with Crippen molar-refractivity contribution in [3.05, 3.63) is 54.4 Å². The van der Waals surface area contributed by atoms with Crippen LogP contribution in [0.2, 0.25) is 0 Å². The van der Waals surface area contributed by atoms with Gasteiger partial charge in [-0.1, -0.05) is 11.8 Å². The fourth-order valence-electron chi connectivity index (χ4n) is 1.59. The van der Waals surface area contributed by atoms with Crippen LogP contribution in [0.25, 0.3) is 0 Å². The summed E-state index contributed by atoms with van der Waals surface area (Å²) in [6.07, 6.45) is 3.10. The van der Waals surface area contributed by atoms with Crippen LogP contribution in [-0.2, 0) is 4.79 Å². The number of benzene rings is 1. The van der Waals surface area contributed by atoms with Crippen molar-refractivity contribution in [2.45, 2.75) is 0 Å². The molecule has 0 aliphatic heterocycles. The summed E-state index contributed by atoms with van der Waals surface area (Å²) in [5, 5.41) is 2.53. The molecule has 1 heterocycles. The van der Waals surface area contributed by atoms with Crippen molar-refractivity contribution >= 4 is 5.91 Å². The van der Waals surface area contributed by atoms with Gasteiger partial charge in [0, 0.05) is 12.3 Å². The van der Waals surface area contributed by atoms with Crippen molar-refractivity contribution < 1.29 is 23.0 Å². The number of pyridine rings is 1. The molecular formula is C17H14F2N2O3. The van der Waals surface area contributed by atoms with Crippen molar-refractivity contribution in [1.29, 1.82) is 0 Å². The van der Waals surface area contributed by atoms with Gasteiger partial charge in [0.15, 0.2) is 18.2 Å². The molecule has 1 N–H and O–H groups in total. The van der Waals surface area contributed by atoms with Gasteiger partial charge in [-0.05, 0) is 24.3 Å². The van der Waals surface area contributed by atoms with Gasteiger partial charge < -0.3 is 14.8 Å². The van der Waals surface area contributed by atoms with Crippen LogP contribution in [-0.4, -0.2) is 30.6 Å². The molecule has 1 amide bonds. The van der Waals surface area contributed by atoms with Crippen LogP contribution in [0.1, 0.15) is 0 Å². The molecule has 0 radical (unpaired) electrons. The van der Waals surface area contributed by atoms with Gasteiger partial charge in [0.05, 0.1) is 12.7 Å². The maximum atomic E-state index is 13.3. The summed E-state index contributed by atoms with van der Waals surface area (Å²) in [6, 6.07) is 6.39. The molecule has 1 aromatic carbocycles. The third-order valence-electron chi connectivity index (χ3n) is 2.70. The number of nitrogens with one attached hydrogen (secondary N) is 1. The maximum absolute atomic E-state index is 13.3. The van der Waals surface area contributed by atoms with Crippen molar-refractivity contribution in [3.8, 4) is 23.3 Å². The first kappa shape index (κ1) is 17.2. The van der Waals surface area contributed by atoms with Gasteiger partial charge in [0.1, 0.15) is 18.2 Å². The van der Waals surface area contributed by atoms with Crippen molar-refractivity contribution in [3.63, 3.8) is 0 Å². The van der Waals surface area contributed by atoms with E-state index in [0.717, 1.165) is 12.1 Å². The Hall–Kier alpha value is -3.14. The Morgan fingerprint density at radius 1 is 1.21 bits per heavy atom. The van der Waals surface area contributed by atoms with E-state index >= 15 is 0 Å². The van der Waals surface area contributed by atoms with Crippen molar-refractivity contribution in [1.82, 2.24) is 10.3 Å². The molecule has 7 heteroatoms. The van der Waals surface area contributed by atoms with Crippen LogP contribution in [0.3, 0.4) is 0 Å². The molecule has 0 aliphatic rings. The van der Waals surface area contributed by atoms with Crippen molar-refractivity contribution in [2.24, 2.45) is 0 Å². The lowest BCUT2D eigenvalue weighted by atomic mass is 10.3. The minimum Gasteiger partial charge on any atom is -0.482 e. The van der Waals surface area contributed by atoms with Gasteiger partial charge in [-0.25, -0.2) is 8.78 Å². The van der Waals surface area contributed by atoms with E-state index < -0.39 is 11.6 Å². The number of aromatic nitrogens is 1. The molecule has 5 nitrogen and oxygen atoms in total. The topological polar surface area (TPSA) is 60.5 Å². The molecule has 1 aromatic heterocycles. The molecule has 0 unspecified atom stereocenters. The maximum Gasteiger partial charge on any atom is 0.258 e. The average molecular weight is 332 g/mol. The SMILES string of the molecule is O=C(COc1cccnc1)NCC#CCOc1ccc(F)cc1F. The smallest absolute Gasteiger partial charge is 0.258 e. The highest BCUT2D eigenvalue weighted by molar-refractivity contribution is 5.77. The lowest BCUT2D eigenvalue weighted by Gasteiger charge is -2.04. The molecule has 0 bridgehead atoms. The van der Waals surface area contributed by atoms with Gasteiger partial charge in [-0.15, -0.1) is 0 Å². The van der Waals surface area contributed by atoms with E-state index in [9.17, 15) is 13.6 Å². The number of nitrogens with zero attached hydrogens (tertiary/aromatic N) is 1. The highest BCUT2D eigenvalue weighted by atomic mass is 19.1. The third kappa shape index (κ3) is 5.93. The van der Waals surface area contributed by atoms with Crippen LogP contribution < -0.4 is 14.8 Å². The molecule has 124 valence electrons. The zero-order valence-electron chi connectivity index (χ0n) is 12.6. The Balaban J connectivity index is 1.63. The van der Waals surface area contributed by atoms with E-state index in [1.54, 1.807) is 18.3 Å². The summed E-state index contributed by atoms with van der Waals surface area (Å²) < 4.78 is 36.2. The summed E-state index contributed by atoms with van der Waals surface area (Å²) in [5.74, 6) is 3.85. The highest BCUT2D eigenvalue weighted by Gasteiger charge is 2.03. The number of rotatable bonds is 6. The molecule has 0 saturated carbocycles. The lowest BCUT2D eigenvalue weighted by molar-refractivity contribution is -0.122. The normalized spacial score (nSPS) is 9.58. The number of carbonyl (C=O) groups excluding carboxylic acids is 1. The monoisotopic (exact) mass is 332 g/mol. The summed E-state index contributed by atoms with van der Waals surface area (Å²) in [6.45, 7) is -0.125. The molecule has 24 heavy (non-hydrogen) atoms. The Bertz CT molecular complexity index is 742. The predicted octanol–water partition coefficient (Wildman–Crippen LogP) is 1.94. The zero-order valence-corrected chi connectivity index (χ0v) is 12.6. The molecule has 0 saturated heterocycles. The number of amides is 1. The summed E-state index contributed by atoms with van der Waals surface area (Å²) in [5.41, 5.74) is 0. The third-order valence-corrected chi connectivity index (χ3v) is 2.70. The Kier molecular flexibility index (Phi) is 6.53. The second kappa shape index (κ2) is 9.10. The Morgan fingerprint density at radius 2 is 2.08 bits per heavy atom. The van der Waals surface area contributed by atoms with Gasteiger partial charge in [-0.2, -0.15) is 0 Å². The molecular weight excluding hydrogens is 318 g/mol. The van der Waals surface area contributed by atoms with Crippen LogP contribution in [0.5, 0.6) is 11.5 Å². The van der Waals surface area contributed by atoms with E-state index in [2.05, 4.69) is 22.1 Å². The minimum absolute atomic E-state index is 0.0788. The molecule has 2 aromatic rings. The first-order chi connectivity index (χ1) is 11.6. The van der Waals surface area contributed by atoms with Gasteiger partial charge >= 0.3 is 0 Å². The van der Waals surface area contributed by atoms with Gasteiger partial charge in [-0.3, -0.25) is 9.78 Å². The standard InChI is InChI=1S/C17H14F2N2O3/c18-13-5-6-16(15(19)10-13)23-9-2-1-8-21-17(22)12-24-14-4-3-7-20-11-14/h3-7,10-11H,8-9,12H2,(H,21,22). The Labute approximate surface area is 137 Å². The van der Waals surface area contributed by atoms with E-state index in [4.69, 9.17) is 9.47 Å². The van der Waals surface area contributed by atoms with E-state index in [0.29, 0.717) is 5.75 Å². The fourth-order valence-corrected chi connectivity index (χ4v) is 1.59. The molecule has 0 aliphatic carbocycles. The van der Waals surface area contributed by atoms with Crippen LogP contribution in [0.15, 0.2) is 42.7 Å². The predicted molar refractivity (Wildman–Crippen MR) is 82.4 cm³/mol. The second-order valence-corrected chi connectivity index (χ2v) is 4.47. The largest absolute Gasteiger partial charge is 0.482 e. The van der Waals surface area contributed by atoms with E-state index in [1.165, 1.54) is 12.3 Å². The van der Waals surface area contributed by atoms with E-state index in [-0.39, 0.29) is 31.4 Å². The number of hydrogen-bond acceptors (Lipinski definition) is 4. The van der Waals surface area contributed by atoms with E-state index in [1.807, 2.05) is 0 Å². The number of carbonyl (C=O) groups is 1. The second-order valence-electron chi connectivity index (χ2n) is 4.47. The van der Waals surface area contributed by atoms with Crippen LogP contribution >= 0.6 is 0 Å². The summed E-state index contributed by atoms with van der Waals surface area (Å²) in [4.78, 5) is 15.4. The molecule has 0 atom stereocenters. The molecule has 0 spiro atoms. The minimum atomic E-state index is -0.794. The van der Waals surface area contributed by atoms with Crippen molar-refractivity contribution in [2.75, 3.05) is 19.8 Å². The fraction of sp³-hybridized carbons (Fsp3) is 0.176. The first-order valence-corrected chi connectivity index (χ1v) is 6.98. The number of hydrogen-bond donors (Lipinski definition) is 1. The van der Waals surface area contributed by atoms with Gasteiger partial charge in [0.2, 0.25) is 0 Å². The molecule has 2 rings (SSSR count). The highest BCUT2D eigenvalue weighted by Crippen LogP contribution is 2.17. The summed E-state index contributed by atoms with van der Waals surface area (Å²) in [7, 11) is 0. The quantitative estimate of drug-likeness (QED) is 0.821. The van der Waals surface area contributed by atoms with Gasteiger partial charge in [0.25, 0.3) is 5.91 Å². The zero-order chi connectivity index (χ0) is 17.2. The number of ether oxygens (including phenoxy) is 2. The van der Waals surface area contributed by atoms with Crippen LogP contribution in [0.4, 0.5) is 8.78 Å². The van der Waals surface area contributed by atoms with Crippen LogP contribution in [0, 0.1) is 23.5 Å². The summed E-state index contributed by atoms with van der Waals surface area (Å²) >= 11 is 0. The first-order valence-electron chi connectivity index (χ1n) is 6.98. The molecule has 0 fully saturated rings. The number of halogens is 2.